The Morgan fingerprint density at radius 3 is 2.18 bits per heavy atom. The highest BCUT2D eigenvalue weighted by Crippen LogP contribution is 2.40. The lowest BCUT2D eigenvalue weighted by atomic mass is 9.90. The van der Waals surface area contributed by atoms with Crippen LogP contribution in [-0.2, 0) is 9.53 Å². The van der Waals surface area contributed by atoms with Gasteiger partial charge in [-0.1, -0.05) is 91.0 Å². The Morgan fingerprint density at radius 2 is 1.50 bits per heavy atom. The summed E-state index contributed by atoms with van der Waals surface area (Å²) in [6, 6.07) is 27.0. The third kappa shape index (κ3) is 4.03. The minimum Gasteiger partial charge on any atom is -0.447 e. The number of benzene rings is 3. The first-order chi connectivity index (χ1) is 16.6. The maximum Gasteiger partial charge on any atom is 0.423 e. The fraction of sp³-hybridized carbons (Fsp3) is 0.148. The van der Waals surface area contributed by atoms with Crippen LogP contribution in [0.5, 0.6) is 5.75 Å². The van der Waals surface area contributed by atoms with Crippen molar-refractivity contribution in [1.82, 2.24) is 9.80 Å². The van der Waals surface area contributed by atoms with Crippen molar-refractivity contribution in [2.24, 2.45) is 5.92 Å². The minimum absolute atomic E-state index is 0.129. The standard InChI is InChI=1S/C27H22N2O5/c30-25-22(17-16-19-10-4-1-5-11-19)24(29(25)27(32)34-21-14-8-3-9-15-21)28-23(18-33-26(28)31)20-12-6-2-7-13-20/h1-17,22-24H,18H2/t22-,23+,24+/m1/s1. The van der Waals surface area contributed by atoms with E-state index in [4.69, 9.17) is 9.47 Å². The minimum atomic E-state index is -0.871. The van der Waals surface area contributed by atoms with Gasteiger partial charge in [-0.15, -0.1) is 0 Å². The van der Waals surface area contributed by atoms with E-state index in [1.165, 1.54) is 4.90 Å². The van der Waals surface area contributed by atoms with Gasteiger partial charge in [-0.3, -0.25) is 9.69 Å². The van der Waals surface area contributed by atoms with E-state index in [9.17, 15) is 14.4 Å². The summed E-state index contributed by atoms with van der Waals surface area (Å²) in [5.74, 6) is -0.851. The van der Waals surface area contributed by atoms with Gasteiger partial charge in [0.15, 0.2) is 0 Å². The van der Waals surface area contributed by atoms with Gasteiger partial charge in [0.1, 0.15) is 18.5 Å². The maximum absolute atomic E-state index is 13.1. The van der Waals surface area contributed by atoms with Crippen LogP contribution in [0.4, 0.5) is 9.59 Å². The number of ether oxygens (including phenoxy) is 2. The van der Waals surface area contributed by atoms with E-state index >= 15 is 0 Å². The van der Waals surface area contributed by atoms with Crippen molar-refractivity contribution in [3.8, 4) is 5.75 Å². The van der Waals surface area contributed by atoms with Crippen LogP contribution in [0.2, 0.25) is 0 Å². The molecule has 170 valence electrons. The number of likely N-dealkylation sites (tertiary alicyclic amines) is 1. The van der Waals surface area contributed by atoms with Crippen molar-refractivity contribution in [1.29, 1.82) is 0 Å². The Kier molecular flexibility index (Phi) is 5.82. The molecule has 2 aliphatic heterocycles. The maximum atomic E-state index is 13.1. The van der Waals surface area contributed by atoms with E-state index in [0.29, 0.717) is 5.75 Å². The lowest BCUT2D eigenvalue weighted by Crippen LogP contribution is -2.69. The molecule has 2 saturated heterocycles. The third-order valence-electron chi connectivity index (χ3n) is 5.93. The van der Waals surface area contributed by atoms with Gasteiger partial charge in [0.25, 0.3) is 0 Å². The van der Waals surface area contributed by atoms with Gasteiger partial charge in [0.05, 0.1) is 12.0 Å². The first-order valence-corrected chi connectivity index (χ1v) is 11.0. The highest BCUT2D eigenvalue weighted by molar-refractivity contribution is 6.02. The average molecular weight is 454 g/mol. The fourth-order valence-corrected chi connectivity index (χ4v) is 4.25. The molecule has 0 radical (unpaired) electrons. The lowest BCUT2D eigenvalue weighted by Gasteiger charge is -2.48. The molecular weight excluding hydrogens is 432 g/mol. The summed E-state index contributed by atoms with van der Waals surface area (Å²) in [6.45, 7) is 0.129. The van der Waals surface area contributed by atoms with Gasteiger partial charge in [0.2, 0.25) is 5.91 Å². The fourth-order valence-electron chi connectivity index (χ4n) is 4.25. The molecule has 3 amide bonds. The molecule has 0 saturated carbocycles. The van der Waals surface area contributed by atoms with Crippen molar-refractivity contribution >= 4 is 24.2 Å². The zero-order valence-corrected chi connectivity index (χ0v) is 18.2. The number of rotatable bonds is 5. The number of hydrogen-bond acceptors (Lipinski definition) is 5. The molecule has 0 aliphatic carbocycles. The van der Waals surface area contributed by atoms with E-state index in [1.54, 1.807) is 36.4 Å². The SMILES string of the molecule is O=C(Oc1ccccc1)N1C(=O)[C@H](C=Cc2ccccc2)[C@H]1N1C(=O)OC[C@H]1c1ccccc1. The molecule has 5 rings (SSSR count). The first-order valence-electron chi connectivity index (χ1n) is 11.0. The second kappa shape index (κ2) is 9.23. The average Bonchev–Trinajstić information content (AvgIpc) is 3.24. The highest BCUT2D eigenvalue weighted by atomic mass is 16.6. The second-order valence-electron chi connectivity index (χ2n) is 8.01. The first kappa shape index (κ1) is 21.5. The number of para-hydroxylation sites is 1. The monoisotopic (exact) mass is 454 g/mol. The molecule has 0 unspecified atom stereocenters. The summed E-state index contributed by atoms with van der Waals surface area (Å²) < 4.78 is 10.8. The largest absolute Gasteiger partial charge is 0.447 e. The molecule has 2 heterocycles. The van der Waals surface area contributed by atoms with Gasteiger partial charge in [0, 0.05) is 0 Å². The van der Waals surface area contributed by atoms with Crippen LogP contribution >= 0.6 is 0 Å². The number of cyclic esters (lactones) is 1. The van der Waals surface area contributed by atoms with E-state index < -0.39 is 36.2 Å². The number of β-lactam (4-membered cyclic amide) rings is 1. The van der Waals surface area contributed by atoms with Gasteiger partial charge >= 0.3 is 12.2 Å². The number of amides is 3. The Labute approximate surface area is 196 Å². The number of carbonyl (C=O) groups is 3. The van der Waals surface area contributed by atoms with Gasteiger partial charge in [-0.2, -0.15) is 0 Å². The highest BCUT2D eigenvalue weighted by Gasteiger charge is 2.58. The predicted molar refractivity (Wildman–Crippen MR) is 124 cm³/mol. The van der Waals surface area contributed by atoms with Crippen LogP contribution in [0.15, 0.2) is 97.1 Å². The Hall–Kier alpha value is -4.39. The smallest absolute Gasteiger partial charge is 0.423 e. The summed E-state index contributed by atoms with van der Waals surface area (Å²) >= 11 is 0. The second-order valence-corrected chi connectivity index (χ2v) is 8.01. The summed E-state index contributed by atoms with van der Waals surface area (Å²) in [6.07, 6.45) is 1.25. The molecule has 0 N–H and O–H groups in total. The molecule has 3 atom stereocenters. The summed E-state index contributed by atoms with van der Waals surface area (Å²) in [5, 5.41) is 0. The van der Waals surface area contributed by atoms with Crippen LogP contribution in [0.25, 0.3) is 6.08 Å². The molecule has 3 aromatic carbocycles. The van der Waals surface area contributed by atoms with E-state index in [1.807, 2.05) is 66.7 Å². The summed E-state index contributed by atoms with van der Waals surface area (Å²) in [4.78, 5) is 41.4. The molecule has 34 heavy (non-hydrogen) atoms. The third-order valence-corrected chi connectivity index (χ3v) is 5.93. The molecule has 0 bridgehead atoms. The van der Waals surface area contributed by atoms with Crippen LogP contribution < -0.4 is 4.74 Å². The van der Waals surface area contributed by atoms with Crippen LogP contribution in [0, 0.1) is 5.92 Å². The molecule has 7 nitrogen and oxygen atoms in total. The Morgan fingerprint density at radius 1 is 0.882 bits per heavy atom. The predicted octanol–water partition coefficient (Wildman–Crippen LogP) is 4.88. The summed E-state index contributed by atoms with van der Waals surface area (Å²) in [5.41, 5.74) is 1.76. The quantitative estimate of drug-likeness (QED) is 0.514. The molecule has 0 spiro atoms. The van der Waals surface area contributed by atoms with Crippen molar-refractivity contribution < 1.29 is 23.9 Å². The summed E-state index contributed by atoms with van der Waals surface area (Å²) in [7, 11) is 0. The topological polar surface area (TPSA) is 76.2 Å². The van der Waals surface area contributed by atoms with Gasteiger partial charge in [-0.05, 0) is 23.3 Å². The van der Waals surface area contributed by atoms with E-state index in [-0.39, 0.29) is 6.61 Å². The lowest BCUT2D eigenvalue weighted by molar-refractivity contribution is -0.157. The van der Waals surface area contributed by atoms with Crippen molar-refractivity contribution in [3.05, 3.63) is 108 Å². The van der Waals surface area contributed by atoms with Gasteiger partial charge in [-0.25, -0.2) is 14.5 Å². The van der Waals surface area contributed by atoms with Crippen molar-refractivity contribution in [3.63, 3.8) is 0 Å². The molecule has 2 fully saturated rings. The zero-order valence-electron chi connectivity index (χ0n) is 18.2. The molecule has 7 heteroatoms. The Balaban J connectivity index is 1.47. The van der Waals surface area contributed by atoms with Crippen LogP contribution in [-0.4, -0.2) is 40.7 Å². The van der Waals surface area contributed by atoms with E-state index in [2.05, 4.69) is 0 Å². The number of carbonyl (C=O) groups excluding carboxylic acids is 3. The molecular formula is C27H22N2O5. The van der Waals surface area contributed by atoms with E-state index in [0.717, 1.165) is 16.0 Å². The number of nitrogens with zero attached hydrogens (tertiary/aromatic N) is 2. The molecule has 0 aromatic heterocycles. The van der Waals surface area contributed by atoms with Crippen LogP contribution in [0.3, 0.4) is 0 Å². The Bertz CT molecular complexity index is 1210. The zero-order chi connectivity index (χ0) is 23.5. The normalized spacial score (nSPS) is 21.9. The van der Waals surface area contributed by atoms with Crippen LogP contribution in [0.1, 0.15) is 17.2 Å². The van der Waals surface area contributed by atoms with Gasteiger partial charge < -0.3 is 9.47 Å². The number of hydrogen-bond donors (Lipinski definition) is 0. The number of imide groups is 1. The molecule has 2 aliphatic rings. The van der Waals surface area contributed by atoms with Crippen molar-refractivity contribution in [2.45, 2.75) is 12.2 Å². The van der Waals surface area contributed by atoms with Crippen molar-refractivity contribution in [2.75, 3.05) is 6.61 Å². The molecule has 3 aromatic rings.